The van der Waals surface area contributed by atoms with E-state index in [0.717, 1.165) is 36.7 Å². The third kappa shape index (κ3) is 1.87. The Morgan fingerprint density at radius 3 is 2.23 bits per heavy atom. The fourth-order valence-electron chi connectivity index (χ4n) is 3.73. The van der Waals surface area contributed by atoms with Crippen molar-refractivity contribution in [2.45, 2.75) is 18.9 Å². The van der Waals surface area contributed by atoms with Crippen molar-refractivity contribution in [3.63, 3.8) is 0 Å². The fourth-order valence-corrected chi connectivity index (χ4v) is 3.73. The van der Waals surface area contributed by atoms with Gasteiger partial charge in [-0.25, -0.2) is 0 Å². The first kappa shape index (κ1) is 13.5. The molecule has 4 nitrogen and oxygen atoms in total. The third-order valence-corrected chi connectivity index (χ3v) is 4.77. The summed E-state index contributed by atoms with van der Waals surface area (Å²) in [5.41, 5.74) is 1.31. The van der Waals surface area contributed by atoms with Crippen molar-refractivity contribution in [2.24, 2.45) is 0 Å². The molecule has 1 saturated heterocycles. The van der Waals surface area contributed by atoms with Crippen LogP contribution in [0.1, 0.15) is 33.6 Å². The van der Waals surface area contributed by atoms with Crippen LogP contribution in [0.15, 0.2) is 36.4 Å². The summed E-state index contributed by atoms with van der Waals surface area (Å²) in [6.45, 7) is 1.79. The van der Waals surface area contributed by atoms with E-state index in [1.165, 1.54) is 4.90 Å². The van der Waals surface area contributed by atoms with E-state index >= 15 is 0 Å². The van der Waals surface area contributed by atoms with Crippen molar-refractivity contribution in [3.8, 4) is 0 Å². The van der Waals surface area contributed by atoms with Gasteiger partial charge >= 0.3 is 0 Å². The van der Waals surface area contributed by atoms with Crippen LogP contribution in [0, 0.1) is 0 Å². The monoisotopic (exact) mass is 294 g/mol. The maximum Gasteiger partial charge on any atom is 0.261 e. The molecule has 0 radical (unpaired) electrons. The summed E-state index contributed by atoms with van der Waals surface area (Å²) in [4.78, 5) is 29.5. The highest BCUT2D eigenvalue weighted by Crippen LogP contribution is 2.32. The number of amides is 2. The normalized spacial score (nSPS) is 22.4. The molecule has 2 aliphatic heterocycles. The lowest BCUT2D eigenvalue weighted by Gasteiger charge is -2.38. The largest absolute Gasteiger partial charge is 0.304 e. The minimum Gasteiger partial charge on any atom is -0.304 e. The Hall–Kier alpha value is -2.20. The topological polar surface area (TPSA) is 40.6 Å². The van der Waals surface area contributed by atoms with E-state index in [0.29, 0.717) is 11.1 Å². The minimum atomic E-state index is -0.144. The summed E-state index contributed by atoms with van der Waals surface area (Å²) < 4.78 is 0. The zero-order valence-corrected chi connectivity index (χ0v) is 12.6. The van der Waals surface area contributed by atoms with Crippen molar-refractivity contribution in [1.29, 1.82) is 0 Å². The Labute approximate surface area is 129 Å². The zero-order valence-electron chi connectivity index (χ0n) is 12.6. The molecule has 0 N–H and O–H groups in total. The maximum atomic E-state index is 12.9. The van der Waals surface area contributed by atoms with Gasteiger partial charge in [-0.1, -0.05) is 24.3 Å². The van der Waals surface area contributed by atoms with Crippen molar-refractivity contribution in [3.05, 3.63) is 47.5 Å². The summed E-state index contributed by atoms with van der Waals surface area (Å²) in [5.74, 6) is -0.288. The molecule has 4 heteroatoms. The van der Waals surface area contributed by atoms with Crippen LogP contribution >= 0.6 is 0 Å². The molecule has 0 bridgehead atoms. The summed E-state index contributed by atoms with van der Waals surface area (Å²) >= 11 is 0. The Morgan fingerprint density at radius 2 is 1.64 bits per heavy atom. The highest BCUT2D eigenvalue weighted by atomic mass is 16.2. The lowest BCUT2D eigenvalue weighted by Crippen LogP contribution is -2.53. The number of rotatable bonds is 1. The summed E-state index contributed by atoms with van der Waals surface area (Å²) in [7, 11) is 2.04. The predicted octanol–water partition coefficient (Wildman–Crippen LogP) is 2.53. The third-order valence-electron chi connectivity index (χ3n) is 4.77. The number of carbonyl (C=O) groups is 2. The molecular formula is C18H18N2O2. The maximum absolute atomic E-state index is 12.9. The van der Waals surface area contributed by atoms with Gasteiger partial charge in [0.15, 0.2) is 0 Å². The number of likely N-dealkylation sites (N-methyl/N-ethyl adjacent to an activating group) is 1. The number of benzene rings is 2. The zero-order chi connectivity index (χ0) is 15.3. The Morgan fingerprint density at radius 1 is 1.00 bits per heavy atom. The van der Waals surface area contributed by atoms with Gasteiger partial charge in [0.1, 0.15) is 0 Å². The van der Waals surface area contributed by atoms with E-state index in [-0.39, 0.29) is 17.9 Å². The number of carbonyl (C=O) groups excluding carboxylic acids is 2. The second-order valence-corrected chi connectivity index (χ2v) is 6.25. The smallest absolute Gasteiger partial charge is 0.261 e. The van der Waals surface area contributed by atoms with Crippen LogP contribution in [-0.4, -0.2) is 47.8 Å². The van der Waals surface area contributed by atoms with Crippen molar-refractivity contribution >= 4 is 22.6 Å². The average molecular weight is 294 g/mol. The highest BCUT2D eigenvalue weighted by molar-refractivity contribution is 6.25. The Bertz CT molecular complexity index is 733. The Kier molecular flexibility index (Phi) is 3.01. The molecule has 2 aromatic rings. The molecule has 2 heterocycles. The second-order valence-electron chi connectivity index (χ2n) is 6.25. The number of hydrogen-bond acceptors (Lipinski definition) is 3. The first-order chi connectivity index (χ1) is 10.7. The van der Waals surface area contributed by atoms with Crippen LogP contribution in [0.4, 0.5) is 0 Å². The van der Waals surface area contributed by atoms with Gasteiger partial charge in [0, 0.05) is 23.1 Å². The van der Waals surface area contributed by atoms with Gasteiger partial charge in [0.2, 0.25) is 0 Å². The standard InChI is InChI=1S/C18H18N2O2/c1-19-10-4-7-13(11-19)20-17(21)14-8-2-5-12-6-3-9-15(16(12)14)18(20)22/h2-3,5-6,8-9,13H,4,7,10-11H2,1H3/t13-/m0/s1. The molecule has 1 fully saturated rings. The van der Waals surface area contributed by atoms with Gasteiger partial charge in [-0.15, -0.1) is 0 Å². The van der Waals surface area contributed by atoms with Crippen molar-refractivity contribution in [2.75, 3.05) is 20.1 Å². The summed E-state index contributed by atoms with van der Waals surface area (Å²) in [5, 5.41) is 1.76. The second kappa shape index (κ2) is 4.92. The number of imide groups is 1. The lowest BCUT2D eigenvalue weighted by atomic mass is 9.92. The first-order valence-corrected chi connectivity index (χ1v) is 7.75. The molecule has 0 unspecified atom stereocenters. The van der Waals surface area contributed by atoms with Gasteiger partial charge in [-0.2, -0.15) is 0 Å². The summed E-state index contributed by atoms with van der Waals surface area (Å²) in [6, 6.07) is 11.3. The van der Waals surface area contributed by atoms with Gasteiger partial charge < -0.3 is 4.90 Å². The molecule has 2 aliphatic rings. The number of piperidine rings is 1. The Balaban J connectivity index is 1.85. The van der Waals surface area contributed by atoms with Crippen molar-refractivity contribution < 1.29 is 9.59 Å². The van der Waals surface area contributed by atoms with Crippen molar-refractivity contribution in [1.82, 2.24) is 9.80 Å². The molecule has 112 valence electrons. The molecular weight excluding hydrogens is 276 g/mol. The van der Waals surface area contributed by atoms with E-state index in [4.69, 9.17) is 0 Å². The molecule has 22 heavy (non-hydrogen) atoms. The molecule has 0 aromatic heterocycles. The molecule has 0 spiro atoms. The van der Waals surface area contributed by atoms with Crippen LogP contribution < -0.4 is 0 Å². The SMILES string of the molecule is CN1CCC[C@H](N2C(=O)c3cccc4cccc(c34)C2=O)C1. The van der Waals surface area contributed by atoms with E-state index in [9.17, 15) is 9.59 Å². The van der Waals surface area contributed by atoms with Gasteiger partial charge in [-0.3, -0.25) is 14.5 Å². The molecule has 0 aliphatic carbocycles. The first-order valence-electron chi connectivity index (χ1n) is 7.75. The molecule has 2 aromatic carbocycles. The van der Waals surface area contributed by atoms with Gasteiger partial charge in [0.25, 0.3) is 11.8 Å². The molecule has 0 saturated carbocycles. The van der Waals surface area contributed by atoms with Crippen LogP contribution in [0.5, 0.6) is 0 Å². The van der Waals surface area contributed by atoms with Crippen LogP contribution in [0.3, 0.4) is 0 Å². The van der Waals surface area contributed by atoms with E-state index in [1.807, 2.05) is 43.4 Å². The van der Waals surface area contributed by atoms with E-state index in [1.54, 1.807) is 0 Å². The van der Waals surface area contributed by atoms with E-state index < -0.39 is 0 Å². The quantitative estimate of drug-likeness (QED) is 0.759. The molecule has 2 amide bonds. The van der Waals surface area contributed by atoms with E-state index in [2.05, 4.69) is 4.90 Å². The van der Waals surface area contributed by atoms with Crippen LogP contribution in [0.2, 0.25) is 0 Å². The fraction of sp³-hybridized carbons (Fsp3) is 0.333. The number of nitrogens with zero attached hydrogens (tertiary/aromatic N) is 2. The number of hydrogen-bond donors (Lipinski definition) is 0. The minimum absolute atomic E-state index is 0.0256. The lowest BCUT2D eigenvalue weighted by molar-refractivity contribution is 0.0458. The van der Waals surface area contributed by atoms with Crippen LogP contribution in [0.25, 0.3) is 10.8 Å². The van der Waals surface area contributed by atoms with Crippen LogP contribution in [-0.2, 0) is 0 Å². The molecule has 4 rings (SSSR count). The van der Waals surface area contributed by atoms with Gasteiger partial charge in [0.05, 0.1) is 6.04 Å². The number of likely N-dealkylation sites (tertiary alicyclic amines) is 1. The summed E-state index contributed by atoms with van der Waals surface area (Å²) in [6.07, 6.45) is 1.91. The average Bonchev–Trinajstić information content (AvgIpc) is 2.53. The molecule has 1 atom stereocenters. The predicted molar refractivity (Wildman–Crippen MR) is 85.0 cm³/mol. The van der Waals surface area contributed by atoms with Gasteiger partial charge in [-0.05, 0) is 44.0 Å². The highest BCUT2D eigenvalue weighted by Gasteiger charge is 2.38.